The normalized spacial score (nSPS) is 38.9. The molecule has 3 unspecified atom stereocenters. The summed E-state index contributed by atoms with van der Waals surface area (Å²) < 4.78 is 0. The molecule has 3 aliphatic rings. The van der Waals surface area contributed by atoms with E-state index in [1.54, 1.807) is 0 Å². The van der Waals surface area contributed by atoms with Gasteiger partial charge in [-0.25, -0.2) is 0 Å². The molecule has 3 rings (SSSR count). The summed E-state index contributed by atoms with van der Waals surface area (Å²) >= 11 is 0. The zero-order valence-electron chi connectivity index (χ0n) is 12.5. The molecule has 1 saturated heterocycles. The Bertz CT molecular complexity index is 349. The Morgan fingerprint density at radius 2 is 1.74 bits per heavy atom. The van der Waals surface area contributed by atoms with Crippen molar-refractivity contribution >= 4 is 5.91 Å². The van der Waals surface area contributed by atoms with Gasteiger partial charge in [-0.2, -0.15) is 0 Å². The van der Waals surface area contributed by atoms with Crippen molar-refractivity contribution in [2.24, 2.45) is 5.92 Å². The number of rotatable bonds is 1. The SMILES string of the molecule is CC1CCCCCC1N1C(=O)C2(CCCC2)NC1C. The van der Waals surface area contributed by atoms with Crippen LogP contribution < -0.4 is 5.32 Å². The molecule has 0 aromatic rings. The van der Waals surface area contributed by atoms with Crippen LogP contribution >= 0.6 is 0 Å². The smallest absolute Gasteiger partial charge is 0.244 e. The number of amides is 1. The molecular weight excluding hydrogens is 236 g/mol. The highest BCUT2D eigenvalue weighted by atomic mass is 16.2. The minimum Gasteiger partial charge on any atom is -0.323 e. The topological polar surface area (TPSA) is 32.3 Å². The van der Waals surface area contributed by atoms with Gasteiger partial charge in [0.15, 0.2) is 0 Å². The van der Waals surface area contributed by atoms with Crippen molar-refractivity contribution in [3.05, 3.63) is 0 Å². The molecule has 3 atom stereocenters. The van der Waals surface area contributed by atoms with E-state index in [-0.39, 0.29) is 11.7 Å². The van der Waals surface area contributed by atoms with E-state index in [1.807, 2.05) is 0 Å². The number of nitrogens with zero attached hydrogens (tertiary/aromatic N) is 1. The van der Waals surface area contributed by atoms with Crippen LogP contribution in [0.25, 0.3) is 0 Å². The van der Waals surface area contributed by atoms with E-state index in [1.165, 1.54) is 44.9 Å². The van der Waals surface area contributed by atoms with E-state index < -0.39 is 0 Å². The molecule has 1 aliphatic heterocycles. The van der Waals surface area contributed by atoms with E-state index in [2.05, 4.69) is 24.1 Å². The first-order valence-corrected chi connectivity index (χ1v) is 8.24. The molecule has 1 heterocycles. The van der Waals surface area contributed by atoms with Crippen LogP contribution in [0.5, 0.6) is 0 Å². The molecule has 108 valence electrons. The van der Waals surface area contributed by atoms with Gasteiger partial charge in [-0.05, 0) is 38.5 Å². The molecule has 3 heteroatoms. The molecule has 1 N–H and O–H groups in total. The van der Waals surface area contributed by atoms with Gasteiger partial charge in [-0.15, -0.1) is 0 Å². The Morgan fingerprint density at radius 1 is 1.05 bits per heavy atom. The van der Waals surface area contributed by atoms with Crippen LogP contribution in [0.15, 0.2) is 0 Å². The molecule has 0 radical (unpaired) electrons. The fourth-order valence-electron chi connectivity index (χ4n) is 4.62. The lowest BCUT2D eigenvalue weighted by Gasteiger charge is -2.34. The van der Waals surface area contributed by atoms with Gasteiger partial charge in [0, 0.05) is 6.04 Å². The minimum absolute atomic E-state index is 0.189. The summed E-state index contributed by atoms with van der Waals surface area (Å²) in [6.45, 7) is 4.53. The molecule has 2 aliphatic carbocycles. The van der Waals surface area contributed by atoms with E-state index >= 15 is 0 Å². The van der Waals surface area contributed by atoms with Gasteiger partial charge in [0.25, 0.3) is 0 Å². The van der Waals surface area contributed by atoms with Gasteiger partial charge in [-0.3, -0.25) is 10.1 Å². The van der Waals surface area contributed by atoms with Gasteiger partial charge in [0.1, 0.15) is 0 Å². The fraction of sp³-hybridized carbons (Fsp3) is 0.938. The average molecular weight is 264 g/mol. The number of hydrogen-bond donors (Lipinski definition) is 1. The van der Waals surface area contributed by atoms with Crippen LogP contribution in [0, 0.1) is 5.92 Å². The summed E-state index contributed by atoms with van der Waals surface area (Å²) in [5, 5.41) is 3.64. The second-order valence-corrected chi connectivity index (χ2v) is 7.00. The Kier molecular flexibility index (Phi) is 3.59. The second kappa shape index (κ2) is 5.08. The summed E-state index contributed by atoms with van der Waals surface area (Å²) in [7, 11) is 0. The molecule has 3 nitrogen and oxygen atoms in total. The molecular formula is C16H28N2O. The highest BCUT2D eigenvalue weighted by molar-refractivity contribution is 5.89. The van der Waals surface area contributed by atoms with E-state index in [0.717, 1.165) is 12.8 Å². The van der Waals surface area contributed by atoms with Gasteiger partial charge in [-0.1, -0.05) is 39.0 Å². The quantitative estimate of drug-likeness (QED) is 0.738. The predicted molar refractivity (Wildman–Crippen MR) is 76.7 cm³/mol. The van der Waals surface area contributed by atoms with Crippen molar-refractivity contribution in [3.8, 4) is 0 Å². The summed E-state index contributed by atoms with van der Waals surface area (Å²) in [6, 6.07) is 0.470. The first-order chi connectivity index (χ1) is 9.14. The summed E-state index contributed by atoms with van der Waals surface area (Å²) in [4.78, 5) is 15.2. The van der Waals surface area contributed by atoms with Gasteiger partial charge in [0.05, 0.1) is 11.7 Å². The lowest BCUT2D eigenvalue weighted by Crippen LogP contribution is -2.47. The van der Waals surface area contributed by atoms with E-state index in [0.29, 0.717) is 17.9 Å². The third kappa shape index (κ3) is 2.20. The number of carbonyl (C=O) groups is 1. The van der Waals surface area contributed by atoms with Crippen molar-refractivity contribution < 1.29 is 4.79 Å². The second-order valence-electron chi connectivity index (χ2n) is 7.00. The van der Waals surface area contributed by atoms with Gasteiger partial charge in [0.2, 0.25) is 5.91 Å². The van der Waals surface area contributed by atoms with Crippen LogP contribution in [-0.2, 0) is 4.79 Å². The van der Waals surface area contributed by atoms with Crippen LogP contribution in [0.3, 0.4) is 0 Å². The maximum atomic E-state index is 13.0. The molecule has 1 amide bonds. The maximum absolute atomic E-state index is 13.0. The minimum atomic E-state index is -0.189. The highest BCUT2D eigenvalue weighted by Gasteiger charge is 2.53. The summed E-state index contributed by atoms with van der Waals surface area (Å²) in [5.74, 6) is 1.07. The monoisotopic (exact) mass is 264 g/mol. The molecule has 0 aromatic heterocycles. The molecule has 0 bridgehead atoms. The highest BCUT2D eigenvalue weighted by Crippen LogP contribution is 2.39. The standard InChI is InChI=1S/C16H28N2O/c1-12-8-4-3-5-9-14(12)18-13(2)17-16(15(18)19)10-6-7-11-16/h12-14,17H,3-11H2,1-2H3. The van der Waals surface area contributed by atoms with E-state index in [4.69, 9.17) is 0 Å². The van der Waals surface area contributed by atoms with Crippen molar-refractivity contribution in [1.82, 2.24) is 10.2 Å². The lowest BCUT2D eigenvalue weighted by molar-refractivity contribution is -0.136. The molecule has 19 heavy (non-hydrogen) atoms. The number of nitrogens with one attached hydrogen (secondary N) is 1. The van der Waals surface area contributed by atoms with E-state index in [9.17, 15) is 4.79 Å². The van der Waals surface area contributed by atoms with Crippen LogP contribution in [0.4, 0.5) is 0 Å². The van der Waals surface area contributed by atoms with Crippen molar-refractivity contribution in [3.63, 3.8) is 0 Å². The fourth-order valence-corrected chi connectivity index (χ4v) is 4.62. The van der Waals surface area contributed by atoms with Gasteiger partial charge >= 0.3 is 0 Å². The predicted octanol–water partition coefficient (Wildman–Crippen LogP) is 3.05. The lowest BCUT2D eigenvalue weighted by atomic mass is 9.93. The van der Waals surface area contributed by atoms with Crippen molar-refractivity contribution in [2.75, 3.05) is 0 Å². The maximum Gasteiger partial charge on any atom is 0.244 e. The Balaban J connectivity index is 1.81. The molecule has 2 saturated carbocycles. The number of carbonyl (C=O) groups excluding carboxylic acids is 1. The first-order valence-electron chi connectivity index (χ1n) is 8.24. The van der Waals surface area contributed by atoms with Crippen molar-refractivity contribution in [1.29, 1.82) is 0 Å². The Morgan fingerprint density at radius 3 is 2.47 bits per heavy atom. The number of hydrogen-bond acceptors (Lipinski definition) is 2. The molecule has 3 fully saturated rings. The van der Waals surface area contributed by atoms with Crippen LogP contribution in [0.1, 0.15) is 71.6 Å². The Hall–Kier alpha value is -0.570. The zero-order chi connectivity index (χ0) is 13.5. The third-order valence-electron chi connectivity index (χ3n) is 5.68. The first kappa shape index (κ1) is 13.4. The molecule has 1 spiro atoms. The zero-order valence-corrected chi connectivity index (χ0v) is 12.5. The third-order valence-corrected chi connectivity index (χ3v) is 5.68. The largest absolute Gasteiger partial charge is 0.323 e. The van der Waals surface area contributed by atoms with Crippen LogP contribution in [-0.4, -0.2) is 28.6 Å². The summed E-state index contributed by atoms with van der Waals surface area (Å²) in [5.41, 5.74) is -0.189. The van der Waals surface area contributed by atoms with Crippen molar-refractivity contribution in [2.45, 2.75) is 89.4 Å². The Labute approximate surface area is 117 Å². The summed E-state index contributed by atoms with van der Waals surface area (Å²) in [6.07, 6.45) is 11.2. The average Bonchev–Trinajstić information content (AvgIpc) is 2.86. The molecule has 0 aromatic carbocycles. The van der Waals surface area contributed by atoms with Gasteiger partial charge < -0.3 is 4.90 Å². The van der Waals surface area contributed by atoms with Crippen LogP contribution in [0.2, 0.25) is 0 Å².